The van der Waals surface area contributed by atoms with Crippen molar-refractivity contribution in [3.05, 3.63) is 0 Å². The smallest absolute Gasteiger partial charge is 0.0730 e. The SMILES string of the molecule is CC1(C)[C@H]2CC[C@]1(C)[C@H](N)[C@@H]2O. The molecule has 0 aromatic rings. The highest BCUT2D eigenvalue weighted by Crippen LogP contribution is 2.64. The molecule has 2 rings (SSSR count). The zero-order valence-corrected chi connectivity index (χ0v) is 8.17. The first-order valence-electron chi connectivity index (χ1n) is 4.85. The Labute approximate surface area is 74.1 Å². The van der Waals surface area contributed by atoms with Crippen molar-refractivity contribution in [2.24, 2.45) is 22.5 Å². The number of hydrogen-bond acceptors (Lipinski definition) is 2. The van der Waals surface area contributed by atoms with Gasteiger partial charge in [0.05, 0.1) is 6.10 Å². The largest absolute Gasteiger partial charge is 0.391 e. The third kappa shape index (κ3) is 0.647. The lowest BCUT2D eigenvalue weighted by atomic mass is 9.69. The van der Waals surface area contributed by atoms with Gasteiger partial charge in [-0.2, -0.15) is 0 Å². The van der Waals surface area contributed by atoms with E-state index >= 15 is 0 Å². The minimum absolute atomic E-state index is 0.00810. The van der Waals surface area contributed by atoms with Gasteiger partial charge in [-0.05, 0) is 29.6 Å². The van der Waals surface area contributed by atoms with Gasteiger partial charge in [0.15, 0.2) is 0 Å². The molecule has 0 aromatic heterocycles. The summed E-state index contributed by atoms with van der Waals surface area (Å²) >= 11 is 0. The van der Waals surface area contributed by atoms with Crippen LogP contribution >= 0.6 is 0 Å². The molecular weight excluding hydrogens is 150 g/mol. The lowest BCUT2D eigenvalue weighted by molar-refractivity contribution is 0.0758. The lowest BCUT2D eigenvalue weighted by Crippen LogP contribution is -2.46. The fourth-order valence-corrected chi connectivity index (χ4v) is 3.38. The van der Waals surface area contributed by atoms with Gasteiger partial charge in [0.2, 0.25) is 0 Å². The second-order valence-electron chi connectivity index (χ2n) is 5.30. The first kappa shape index (κ1) is 8.52. The van der Waals surface area contributed by atoms with E-state index in [0.717, 1.165) is 6.42 Å². The molecule has 0 amide bonds. The second kappa shape index (κ2) is 2.05. The number of aliphatic hydroxyl groups excluding tert-OH is 1. The molecule has 0 aliphatic heterocycles. The van der Waals surface area contributed by atoms with Crippen molar-refractivity contribution in [2.45, 2.75) is 45.8 Å². The molecule has 0 heterocycles. The first-order valence-corrected chi connectivity index (χ1v) is 4.85. The summed E-state index contributed by atoms with van der Waals surface area (Å²) in [5.74, 6) is 0.428. The Balaban J connectivity index is 2.44. The Morgan fingerprint density at radius 2 is 1.92 bits per heavy atom. The molecular formula is C10H19NO. The van der Waals surface area contributed by atoms with Crippen molar-refractivity contribution in [1.82, 2.24) is 0 Å². The predicted octanol–water partition coefficient (Wildman–Crippen LogP) is 1.13. The van der Waals surface area contributed by atoms with E-state index in [4.69, 9.17) is 5.73 Å². The summed E-state index contributed by atoms with van der Waals surface area (Å²) < 4.78 is 0. The first-order chi connectivity index (χ1) is 5.41. The number of aliphatic hydroxyl groups is 1. The highest BCUT2D eigenvalue weighted by molar-refractivity contribution is 5.16. The van der Waals surface area contributed by atoms with E-state index in [-0.39, 0.29) is 23.0 Å². The molecule has 2 saturated carbocycles. The summed E-state index contributed by atoms with van der Waals surface area (Å²) in [5, 5.41) is 9.86. The van der Waals surface area contributed by atoms with E-state index in [1.807, 2.05) is 0 Å². The van der Waals surface area contributed by atoms with Crippen LogP contribution in [0, 0.1) is 16.7 Å². The van der Waals surface area contributed by atoms with Crippen LogP contribution in [-0.4, -0.2) is 17.3 Å². The van der Waals surface area contributed by atoms with Crippen LogP contribution < -0.4 is 5.73 Å². The minimum Gasteiger partial charge on any atom is -0.391 e. The molecule has 2 nitrogen and oxygen atoms in total. The standard InChI is InChI=1S/C10H19NO/c1-9(2)6-4-5-10(9,3)8(11)7(6)12/h6-8,12H,4-5,11H2,1-3H3/t6-,7+,8+,10+/m0/s1. The van der Waals surface area contributed by atoms with Gasteiger partial charge >= 0.3 is 0 Å². The minimum atomic E-state index is -0.265. The normalized spacial score (nSPS) is 56.2. The van der Waals surface area contributed by atoms with Crippen LogP contribution in [0.5, 0.6) is 0 Å². The van der Waals surface area contributed by atoms with Crippen LogP contribution in [0.3, 0.4) is 0 Å². The maximum atomic E-state index is 9.86. The molecule has 0 spiro atoms. The Bertz CT molecular complexity index is 214. The van der Waals surface area contributed by atoms with Crippen LogP contribution in [0.25, 0.3) is 0 Å². The van der Waals surface area contributed by atoms with Crippen molar-refractivity contribution in [1.29, 1.82) is 0 Å². The van der Waals surface area contributed by atoms with Gasteiger partial charge in [0.25, 0.3) is 0 Å². The summed E-state index contributed by atoms with van der Waals surface area (Å²) in [5.41, 5.74) is 6.42. The molecule has 3 N–H and O–H groups in total. The maximum absolute atomic E-state index is 9.86. The van der Waals surface area contributed by atoms with E-state index in [1.165, 1.54) is 6.42 Å². The van der Waals surface area contributed by atoms with Crippen LogP contribution in [0.15, 0.2) is 0 Å². The Morgan fingerprint density at radius 3 is 2.17 bits per heavy atom. The zero-order chi connectivity index (χ0) is 9.15. The molecule has 0 saturated heterocycles. The van der Waals surface area contributed by atoms with E-state index in [9.17, 15) is 5.11 Å². The Morgan fingerprint density at radius 1 is 1.33 bits per heavy atom. The molecule has 2 bridgehead atoms. The molecule has 0 unspecified atom stereocenters. The second-order valence-corrected chi connectivity index (χ2v) is 5.30. The molecule has 2 aliphatic carbocycles. The molecule has 2 heteroatoms. The van der Waals surface area contributed by atoms with Crippen LogP contribution in [0.4, 0.5) is 0 Å². The molecule has 12 heavy (non-hydrogen) atoms. The fraction of sp³-hybridized carbons (Fsp3) is 1.00. The number of fused-ring (bicyclic) bond motifs is 2. The maximum Gasteiger partial charge on any atom is 0.0730 e. The quantitative estimate of drug-likeness (QED) is 0.571. The van der Waals surface area contributed by atoms with Gasteiger partial charge in [-0.25, -0.2) is 0 Å². The third-order valence-electron chi connectivity index (χ3n) is 4.89. The fourth-order valence-electron chi connectivity index (χ4n) is 3.38. The monoisotopic (exact) mass is 169 g/mol. The van der Waals surface area contributed by atoms with Gasteiger partial charge in [-0.3, -0.25) is 0 Å². The van der Waals surface area contributed by atoms with E-state index in [2.05, 4.69) is 20.8 Å². The van der Waals surface area contributed by atoms with Crippen molar-refractivity contribution in [3.8, 4) is 0 Å². The molecule has 2 fully saturated rings. The Hall–Kier alpha value is -0.0800. The summed E-state index contributed by atoms with van der Waals surface area (Å²) in [6, 6.07) is -0.00810. The molecule has 4 atom stereocenters. The van der Waals surface area contributed by atoms with Crippen LogP contribution in [-0.2, 0) is 0 Å². The van der Waals surface area contributed by atoms with E-state index in [1.54, 1.807) is 0 Å². The zero-order valence-electron chi connectivity index (χ0n) is 8.17. The van der Waals surface area contributed by atoms with Crippen LogP contribution in [0.1, 0.15) is 33.6 Å². The lowest BCUT2D eigenvalue weighted by Gasteiger charge is -2.37. The number of hydrogen-bond donors (Lipinski definition) is 2. The van der Waals surface area contributed by atoms with Gasteiger partial charge < -0.3 is 10.8 Å². The van der Waals surface area contributed by atoms with E-state index < -0.39 is 0 Å². The summed E-state index contributed by atoms with van der Waals surface area (Å²) in [7, 11) is 0. The average Bonchev–Trinajstić information content (AvgIpc) is 2.26. The van der Waals surface area contributed by atoms with E-state index in [0.29, 0.717) is 5.92 Å². The summed E-state index contributed by atoms with van der Waals surface area (Å²) in [6.45, 7) is 6.73. The van der Waals surface area contributed by atoms with Gasteiger partial charge in [-0.15, -0.1) is 0 Å². The number of rotatable bonds is 0. The molecule has 0 radical (unpaired) electrons. The van der Waals surface area contributed by atoms with Gasteiger partial charge in [0, 0.05) is 6.04 Å². The average molecular weight is 169 g/mol. The number of nitrogens with two attached hydrogens (primary N) is 1. The summed E-state index contributed by atoms with van der Waals surface area (Å²) in [4.78, 5) is 0. The molecule has 2 aliphatic rings. The van der Waals surface area contributed by atoms with Crippen molar-refractivity contribution < 1.29 is 5.11 Å². The van der Waals surface area contributed by atoms with Gasteiger partial charge in [-0.1, -0.05) is 20.8 Å². The highest BCUT2D eigenvalue weighted by atomic mass is 16.3. The van der Waals surface area contributed by atoms with Crippen molar-refractivity contribution in [3.63, 3.8) is 0 Å². The topological polar surface area (TPSA) is 46.2 Å². The molecule has 0 aromatic carbocycles. The predicted molar refractivity (Wildman–Crippen MR) is 48.6 cm³/mol. The molecule has 70 valence electrons. The highest BCUT2D eigenvalue weighted by Gasteiger charge is 2.64. The van der Waals surface area contributed by atoms with Crippen molar-refractivity contribution >= 4 is 0 Å². The third-order valence-corrected chi connectivity index (χ3v) is 4.89. The van der Waals surface area contributed by atoms with Crippen molar-refractivity contribution in [2.75, 3.05) is 0 Å². The van der Waals surface area contributed by atoms with Crippen LogP contribution in [0.2, 0.25) is 0 Å². The Kier molecular flexibility index (Phi) is 1.45. The summed E-state index contributed by atoms with van der Waals surface area (Å²) in [6.07, 6.45) is 2.07. The van der Waals surface area contributed by atoms with Gasteiger partial charge in [0.1, 0.15) is 0 Å².